The van der Waals surface area contributed by atoms with Gasteiger partial charge in [0.25, 0.3) is 0 Å². The van der Waals surface area contributed by atoms with Crippen molar-refractivity contribution in [2.24, 2.45) is 5.73 Å². The fourth-order valence-electron chi connectivity index (χ4n) is 1.37. The van der Waals surface area contributed by atoms with Gasteiger partial charge in [0.15, 0.2) is 0 Å². The molecule has 0 aliphatic carbocycles. The van der Waals surface area contributed by atoms with Gasteiger partial charge in [-0.15, -0.1) is 0 Å². The lowest BCUT2D eigenvalue weighted by Gasteiger charge is -2.12. The minimum atomic E-state index is -0.708. The first kappa shape index (κ1) is 13.9. The lowest BCUT2D eigenvalue weighted by Crippen LogP contribution is -2.34. The van der Waals surface area contributed by atoms with Crippen LogP contribution in [0.1, 0.15) is 12.5 Å². The van der Waals surface area contributed by atoms with Crippen molar-refractivity contribution in [1.29, 1.82) is 0 Å². The number of hydrogen-bond acceptors (Lipinski definition) is 5. The molecule has 2 N–H and O–H groups in total. The van der Waals surface area contributed by atoms with Crippen molar-refractivity contribution in [2.45, 2.75) is 19.4 Å². The molecule has 1 aromatic heterocycles. The van der Waals surface area contributed by atoms with E-state index in [4.69, 9.17) is 15.2 Å². The molecule has 1 rings (SSSR count). The maximum atomic E-state index is 11.4. The number of pyridine rings is 1. The second kappa shape index (κ2) is 6.56. The minimum absolute atomic E-state index is 0.320. The van der Waals surface area contributed by atoms with E-state index in [1.807, 2.05) is 6.07 Å². The van der Waals surface area contributed by atoms with E-state index in [9.17, 15) is 4.79 Å². The third-order valence-corrected chi connectivity index (χ3v) is 2.55. The molecule has 1 aromatic rings. The van der Waals surface area contributed by atoms with Crippen LogP contribution in [0.4, 0.5) is 0 Å². The molecule has 0 spiro atoms. The van der Waals surface area contributed by atoms with Crippen LogP contribution in [0, 0.1) is 0 Å². The van der Waals surface area contributed by atoms with Crippen LogP contribution >= 0.6 is 15.9 Å². The molecule has 5 nitrogen and oxygen atoms in total. The molecule has 0 radical (unpaired) electrons. The fourth-order valence-corrected chi connectivity index (χ4v) is 1.75. The lowest BCUT2D eigenvalue weighted by atomic mass is 10.1. The van der Waals surface area contributed by atoms with E-state index in [0.29, 0.717) is 18.9 Å². The smallest absolute Gasteiger partial charge is 0.323 e. The lowest BCUT2D eigenvalue weighted by molar-refractivity contribution is -0.144. The predicted molar refractivity (Wildman–Crippen MR) is 66.8 cm³/mol. The molecule has 0 aliphatic rings. The van der Waals surface area contributed by atoms with Gasteiger partial charge in [-0.25, -0.2) is 4.98 Å². The van der Waals surface area contributed by atoms with Gasteiger partial charge >= 0.3 is 5.97 Å². The number of carbonyl (C=O) groups excluding carboxylic acids is 1. The van der Waals surface area contributed by atoms with Crippen molar-refractivity contribution in [3.05, 3.63) is 22.3 Å². The van der Waals surface area contributed by atoms with E-state index in [1.54, 1.807) is 13.1 Å². The summed E-state index contributed by atoms with van der Waals surface area (Å²) in [6, 6.07) is 1.12. The molecule has 0 aliphatic heterocycles. The number of methoxy groups -OCH3 is 1. The number of hydrogen-bond donors (Lipinski definition) is 1. The van der Waals surface area contributed by atoms with Crippen LogP contribution in [0.2, 0.25) is 0 Å². The van der Waals surface area contributed by atoms with Gasteiger partial charge in [0.05, 0.1) is 13.7 Å². The summed E-state index contributed by atoms with van der Waals surface area (Å²) >= 11 is 3.31. The number of nitrogens with two attached hydrogens (primary N) is 1. The van der Waals surface area contributed by atoms with E-state index in [2.05, 4.69) is 20.9 Å². The van der Waals surface area contributed by atoms with E-state index in [0.717, 1.165) is 10.0 Å². The number of esters is 1. The molecule has 1 unspecified atom stereocenters. The zero-order valence-electron chi connectivity index (χ0n) is 9.77. The normalized spacial score (nSPS) is 12.0. The van der Waals surface area contributed by atoms with E-state index in [1.165, 1.54) is 7.11 Å². The Labute approximate surface area is 108 Å². The third kappa shape index (κ3) is 3.98. The Morgan fingerprint density at radius 3 is 2.94 bits per heavy atom. The molecular formula is C11H15BrN2O3. The number of halogens is 1. The van der Waals surface area contributed by atoms with Crippen molar-refractivity contribution < 1.29 is 14.3 Å². The Morgan fingerprint density at radius 1 is 1.65 bits per heavy atom. The summed E-state index contributed by atoms with van der Waals surface area (Å²) in [6.45, 7) is 2.06. The molecule has 0 fully saturated rings. The minimum Gasteiger partial charge on any atom is -0.481 e. The number of rotatable bonds is 5. The third-order valence-electron chi connectivity index (χ3n) is 2.11. The van der Waals surface area contributed by atoms with Crippen molar-refractivity contribution in [3.8, 4) is 5.88 Å². The average Bonchev–Trinajstić information content (AvgIpc) is 2.29. The Kier molecular flexibility index (Phi) is 5.37. The van der Waals surface area contributed by atoms with Gasteiger partial charge in [-0.3, -0.25) is 4.79 Å². The van der Waals surface area contributed by atoms with Gasteiger partial charge in [0.2, 0.25) is 5.88 Å². The van der Waals surface area contributed by atoms with Gasteiger partial charge in [-0.1, -0.05) is 0 Å². The summed E-state index contributed by atoms with van der Waals surface area (Å²) in [5, 5.41) is 0. The quantitative estimate of drug-likeness (QED) is 0.830. The average molecular weight is 303 g/mol. The van der Waals surface area contributed by atoms with Crippen LogP contribution < -0.4 is 10.5 Å². The molecule has 6 heteroatoms. The van der Waals surface area contributed by atoms with E-state index >= 15 is 0 Å². The molecule has 0 saturated carbocycles. The molecule has 0 aromatic carbocycles. The number of nitrogens with zero attached hydrogens (tertiary/aromatic N) is 1. The van der Waals surface area contributed by atoms with Gasteiger partial charge in [0, 0.05) is 22.7 Å². The summed E-state index contributed by atoms with van der Waals surface area (Å²) < 4.78 is 10.8. The van der Waals surface area contributed by atoms with Gasteiger partial charge in [-0.2, -0.15) is 0 Å². The number of ether oxygens (including phenoxy) is 2. The van der Waals surface area contributed by atoms with Crippen LogP contribution in [-0.4, -0.2) is 30.7 Å². The van der Waals surface area contributed by atoms with Crippen LogP contribution in [0.5, 0.6) is 5.88 Å². The summed E-state index contributed by atoms with van der Waals surface area (Å²) in [6.07, 6.45) is 1.95. The number of aromatic nitrogens is 1. The summed E-state index contributed by atoms with van der Waals surface area (Å²) in [4.78, 5) is 15.5. The molecule has 1 atom stereocenters. The first-order valence-corrected chi connectivity index (χ1v) is 5.98. The van der Waals surface area contributed by atoms with Gasteiger partial charge in [0.1, 0.15) is 6.04 Å². The maximum absolute atomic E-state index is 11.4. The fraction of sp³-hybridized carbons (Fsp3) is 0.455. The molecule has 17 heavy (non-hydrogen) atoms. The summed E-state index contributed by atoms with van der Waals surface area (Å²) in [5.74, 6) is 0.0440. The molecule has 0 amide bonds. The van der Waals surface area contributed by atoms with Crippen LogP contribution in [0.15, 0.2) is 16.7 Å². The predicted octanol–water partition coefficient (Wildman–Crippen LogP) is 1.29. The molecular weight excluding hydrogens is 288 g/mol. The topological polar surface area (TPSA) is 74.4 Å². The Morgan fingerprint density at radius 2 is 2.35 bits per heavy atom. The molecule has 0 bridgehead atoms. The SMILES string of the molecule is CCOC(=O)C(N)Cc1cc(Br)cnc1OC. The largest absolute Gasteiger partial charge is 0.481 e. The maximum Gasteiger partial charge on any atom is 0.323 e. The van der Waals surface area contributed by atoms with Crippen LogP contribution in [-0.2, 0) is 16.0 Å². The number of carbonyl (C=O) groups is 1. The molecule has 0 saturated heterocycles. The van der Waals surface area contributed by atoms with Crippen molar-refractivity contribution in [3.63, 3.8) is 0 Å². The van der Waals surface area contributed by atoms with E-state index in [-0.39, 0.29) is 0 Å². The zero-order chi connectivity index (χ0) is 12.8. The van der Waals surface area contributed by atoms with Gasteiger partial charge < -0.3 is 15.2 Å². The van der Waals surface area contributed by atoms with Crippen LogP contribution in [0.3, 0.4) is 0 Å². The highest BCUT2D eigenvalue weighted by atomic mass is 79.9. The highest BCUT2D eigenvalue weighted by Gasteiger charge is 2.18. The Balaban J connectivity index is 2.79. The van der Waals surface area contributed by atoms with Crippen molar-refractivity contribution >= 4 is 21.9 Å². The Hall–Kier alpha value is -1.14. The van der Waals surface area contributed by atoms with Crippen molar-refractivity contribution in [1.82, 2.24) is 4.98 Å². The highest BCUT2D eigenvalue weighted by Crippen LogP contribution is 2.21. The molecule has 1 heterocycles. The summed E-state index contributed by atoms with van der Waals surface area (Å²) in [5.41, 5.74) is 6.50. The second-order valence-corrected chi connectivity index (χ2v) is 4.30. The monoisotopic (exact) mass is 302 g/mol. The Bertz CT molecular complexity index is 398. The van der Waals surface area contributed by atoms with Crippen LogP contribution in [0.25, 0.3) is 0 Å². The van der Waals surface area contributed by atoms with Crippen molar-refractivity contribution in [2.75, 3.05) is 13.7 Å². The molecule has 94 valence electrons. The standard InChI is InChI=1S/C11H15BrN2O3/c1-3-17-11(15)9(13)5-7-4-8(12)6-14-10(7)16-2/h4,6,9H,3,5,13H2,1-2H3. The van der Waals surface area contributed by atoms with E-state index < -0.39 is 12.0 Å². The summed E-state index contributed by atoms with van der Waals surface area (Å²) in [7, 11) is 1.52. The first-order valence-electron chi connectivity index (χ1n) is 5.19. The first-order chi connectivity index (χ1) is 8.08. The highest BCUT2D eigenvalue weighted by molar-refractivity contribution is 9.10. The zero-order valence-corrected chi connectivity index (χ0v) is 11.4. The van der Waals surface area contributed by atoms with Gasteiger partial charge in [-0.05, 0) is 28.9 Å². The second-order valence-electron chi connectivity index (χ2n) is 3.38.